The highest BCUT2D eigenvalue weighted by Gasteiger charge is 2.71. The van der Waals surface area contributed by atoms with E-state index in [0.717, 1.165) is 0 Å². The summed E-state index contributed by atoms with van der Waals surface area (Å²) >= 11 is 0. The largest absolute Gasteiger partial charge is 0.432 e. The van der Waals surface area contributed by atoms with Crippen molar-refractivity contribution in [3.63, 3.8) is 0 Å². The van der Waals surface area contributed by atoms with Crippen LogP contribution in [0.1, 0.15) is 27.7 Å². The van der Waals surface area contributed by atoms with Crippen LogP contribution in [-0.2, 0) is 0 Å². The quantitative estimate of drug-likeness (QED) is 0.498. The van der Waals surface area contributed by atoms with Gasteiger partial charge in [0.2, 0.25) is 0 Å². The lowest BCUT2D eigenvalue weighted by Gasteiger charge is -2.39. The van der Waals surface area contributed by atoms with Crippen LogP contribution in [0.5, 0.6) is 0 Å². The molecule has 1 atom stereocenters. The minimum Gasteiger partial charge on any atom is -0.222 e. The molecule has 6 heteroatoms. The first kappa shape index (κ1) is 15.3. The molecule has 0 aromatic carbocycles. The Bertz CT molecular complexity index is 261. The van der Waals surface area contributed by atoms with Gasteiger partial charge in [-0.2, -0.15) is 13.2 Å². The van der Waals surface area contributed by atoms with Gasteiger partial charge in [0.05, 0.1) is 0 Å². The van der Waals surface area contributed by atoms with Crippen LogP contribution in [0.15, 0.2) is 12.2 Å². The van der Waals surface area contributed by atoms with Crippen LogP contribution in [0.2, 0.25) is 0 Å². The van der Waals surface area contributed by atoms with Gasteiger partial charge in [0.25, 0.3) is 11.6 Å². The molecule has 0 aromatic rings. The van der Waals surface area contributed by atoms with Crippen LogP contribution < -0.4 is 0 Å². The second-order valence-electron chi connectivity index (χ2n) is 4.77. The van der Waals surface area contributed by atoms with Crippen LogP contribution in [0.25, 0.3) is 0 Å². The van der Waals surface area contributed by atoms with E-state index in [0.29, 0.717) is 0 Å². The average Bonchev–Trinajstić information content (AvgIpc) is 1.95. The molecule has 0 N–H and O–H groups in total. The molecule has 16 heavy (non-hydrogen) atoms. The third-order valence-corrected chi connectivity index (χ3v) is 2.32. The van der Waals surface area contributed by atoms with Crippen molar-refractivity contribution >= 4 is 0 Å². The molecule has 0 rings (SSSR count). The third-order valence-electron chi connectivity index (χ3n) is 2.32. The molecule has 0 aliphatic carbocycles. The van der Waals surface area contributed by atoms with Crippen molar-refractivity contribution < 1.29 is 26.3 Å². The molecule has 0 aliphatic rings. The summed E-state index contributed by atoms with van der Waals surface area (Å²) in [5, 5.41) is 0. The maximum absolute atomic E-state index is 13.7. The average molecular weight is 248 g/mol. The molecule has 0 saturated carbocycles. The van der Waals surface area contributed by atoms with Gasteiger partial charge in [0.15, 0.2) is 0 Å². The Labute approximate surface area is 90.3 Å². The zero-order valence-corrected chi connectivity index (χ0v) is 9.47. The molecular weight excluding hydrogens is 234 g/mol. The Morgan fingerprint density at radius 1 is 0.812 bits per heavy atom. The van der Waals surface area contributed by atoms with Crippen LogP contribution in [0.3, 0.4) is 0 Å². The van der Waals surface area contributed by atoms with E-state index >= 15 is 0 Å². The van der Waals surface area contributed by atoms with Crippen molar-refractivity contribution in [1.29, 1.82) is 0 Å². The Morgan fingerprint density at radius 3 is 1.19 bits per heavy atom. The van der Waals surface area contributed by atoms with Crippen LogP contribution in [-0.4, -0.2) is 17.8 Å². The molecule has 0 radical (unpaired) electrons. The van der Waals surface area contributed by atoms with E-state index in [2.05, 4.69) is 6.58 Å². The maximum atomic E-state index is 13.7. The van der Waals surface area contributed by atoms with Crippen LogP contribution in [0.4, 0.5) is 26.3 Å². The van der Waals surface area contributed by atoms with E-state index in [9.17, 15) is 26.3 Å². The summed E-state index contributed by atoms with van der Waals surface area (Å²) in [6.45, 7) is 6.34. The Hall–Kier alpha value is -0.680. The van der Waals surface area contributed by atoms with Gasteiger partial charge in [-0.25, -0.2) is 13.2 Å². The standard InChI is InChI=1S/C10H14F6/c1-6(7(2,3)4)9(13,8(5,11)12)10(14,15)16/h1H2,2-5H3. The van der Waals surface area contributed by atoms with E-state index in [1.54, 1.807) is 0 Å². The molecular formula is C10H14F6. The number of hydrogen-bond acceptors (Lipinski definition) is 0. The summed E-state index contributed by atoms with van der Waals surface area (Å²) in [7, 11) is 0. The zero-order chi connectivity index (χ0) is 13.6. The fourth-order valence-corrected chi connectivity index (χ4v) is 1.20. The van der Waals surface area contributed by atoms with Crippen molar-refractivity contribution in [3.8, 4) is 0 Å². The van der Waals surface area contributed by atoms with E-state index in [1.807, 2.05) is 0 Å². The number of hydrogen-bond donors (Lipinski definition) is 0. The van der Waals surface area contributed by atoms with E-state index in [1.165, 1.54) is 20.8 Å². The van der Waals surface area contributed by atoms with Gasteiger partial charge < -0.3 is 0 Å². The van der Waals surface area contributed by atoms with Crippen molar-refractivity contribution in [3.05, 3.63) is 12.2 Å². The second-order valence-corrected chi connectivity index (χ2v) is 4.77. The fourth-order valence-electron chi connectivity index (χ4n) is 1.20. The maximum Gasteiger partial charge on any atom is 0.432 e. The number of halogens is 6. The molecule has 0 bridgehead atoms. The highest BCUT2D eigenvalue weighted by atomic mass is 19.4. The predicted molar refractivity (Wildman–Crippen MR) is 49.1 cm³/mol. The highest BCUT2D eigenvalue weighted by molar-refractivity contribution is 5.26. The third kappa shape index (κ3) is 2.35. The summed E-state index contributed by atoms with van der Waals surface area (Å²) in [6, 6.07) is 0. The van der Waals surface area contributed by atoms with Gasteiger partial charge >= 0.3 is 6.18 Å². The molecule has 0 amide bonds. The molecule has 0 aliphatic heterocycles. The lowest BCUT2D eigenvalue weighted by molar-refractivity contribution is -0.284. The van der Waals surface area contributed by atoms with E-state index in [4.69, 9.17) is 0 Å². The molecule has 0 nitrogen and oxygen atoms in total. The van der Waals surface area contributed by atoms with Gasteiger partial charge in [0, 0.05) is 6.92 Å². The molecule has 0 saturated heterocycles. The molecule has 1 unspecified atom stereocenters. The van der Waals surface area contributed by atoms with Gasteiger partial charge in [0.1, 0.15) is 0 Å². The normalized spacial score (nSPS) is 18.1. The fraction of sp³-hybridized carbons (Fsp3) is 0.800. The Morgan fingerprint density at radius 2 is 1.12 bits per heavy atom. The van der Waals surface area contributed by atoms with Gasteiger partial charge in [-0.1, -0.05) is 27.4 Å². The van der Waals surface area contributed by atoms with Crippen molar-refractivity contribution in [2.45, 2.75) is 45.5 Å². The second kappa shape index (κ2) is 3.67. The Kier molecular flexibility index (Phi) is 3.51. The monoisotopic (exact) mass is 248 g/mol. The summed E-state index contributed by atoms with van der Waals surface area (Å²) in [6.07, 6.45) is -5.70. The lowest BCUT2D eigenvalue weighted by Crippen LogP contribution is -2.57. The van der Waals surface area contributed by atoms with Crippen LogP contribution in [0, 0.1) is 5.41 Å². The smallest absolute Gasteiger partial charge is 0.222 e. The minimum atomic E-state index is -5.70. The van der Waals surface area contributed by atoms with Gasteiger partial charge in [-0.15, -0.1) is 0 Å². The van der Waals surface area contributed by atoms with Gasteiger partial charge in [-0.05, 0) is 11.0 Å². The summed E-state index contributed by atoms with van der Waals surface area (Å²) in [5.74, 6) is -4.57. The van der Waals surface area contributed by atoms with E-state index in [-0.39, 0.29) is 6.92 Å². The van der Waals surface area contributed by atoms with Crippen molar-refractivity contribution in [2.24, 2.45) is 5.41 Å². The molecule has 96 valence electrons. The number of allylic oxidation sites excluding steroid dienone is 1. The molecule has 0 aromatic heterocycles. The first-order valence-electron chi connectivity index (χ1n) is 4.49. The topological polar surface area (TPSA) is 0 Å². The molecule has 0 spiro atoms. The van der Waals surface area contributed by atoms with Crippen molar-refractivity contribution in [2.75, 3.05) is 0 Å². The zero-order valence-electron chi connectivity index (χ0n) is 9.47. The number of alkyl halides is 6. The molecule has 0 fully saturated rings. The van der Waals surface area contributed by atoms with E-state index < -0.39 is 28.8 Å². The SMILES string of the molecule is C=C(C(C)(C)C)C(F)(C(C)(F)F)C(F)(F)F. The first-order chi connectivity index (χ1) is 6.65. The highest BCUT2D eigenvalue weighted by Crippen LogP contribution is 2.53. The van der Waals surface area contributed by atoms with Gasteiger partial charge in [-0.3, -0.25) is 0 Å². The number of rotatable bonds is 2. The minimum absolute atomic E-state index is 0.0998. The lowest BCUT2D eigenvalue weighted by atomic mass is 9.75. The Balaban J connectivity index is 5.74. The first-order valence-corrected chi connectivity index (χ1v) is 4.49. The predicted octanol–water partition coefficient (Wildman–Crippen LogP) is 4.51. The summed E-state index contributed by atoms with van der Waals surface area (Å²) < 4.78 is 76.9. The summed E-state index contributed by atoms with van der Waals surface area (Å²) in [5.41, 5.74) is -7.30. The summed E-state index contributed by atoms with van der Waals surface area (Å²) in [4.78, 5) is 0. The van der Waals surface area contributed by atoms with Crippen LogP contribution >= 0.6 is 0 Å². The molecule has 0 heterocycles. The van der Waals surface area contributed by atoms with Crippen molar-refractivity contribution in [1.82, 2.24) is 0 Å².